The summed E-state index contributed by atoms with van der Waals surface area (Å²) in [7, 11) is -3.96. The summed E-state index contributed by atoms with van der Waals surface area (Å²) in [5, 5.41) is 9.76. The Morgan fingerprint density at radius 1 is 1.29 bits per heavy atom. The van der Waals surface area contributed by atoms with E-state index in [1.54, 1.807) is 0 Å². The summed E-state index contributed by atoms with van der Waals surface area (Å²) in [5.41, 5.74) is 5.83. The quantitative estimate of drug-likeness (QED) is 0.769. The molecule has 0 radical (unpaired) electrons. The number of hydrogen-bond donors (Lipinski definition) is 2. The summed E-state index contributed by atoms with van der Waals surface area (Å²) in [6.45, 7) is 0. The molecule has 0 saturated carbocycles. The Labute approximate surface area is 131 Å². The number of halogens is 2. The van der Waals surface area contributed by atoms with Gasteiger partial charge in [0, 0.05) is 17.8 Å². The van der Waals surface area contributed by atoms with Crippen LogP contribution >= 0.6 is 15.9 Å². The largest absolute Gasteiger partial charge is 0.399 e. The fourth-order valence-corrected chi connectivity index (χ4v) is 6.01. The molecule has 1 aromatic carbocycles. The zero-order chi connectivity index (χ0) is 15.4. The first-order valence-electron chi connectivity index (χ1n) is 6.77. The number of rotatable bonds is 2. The second-order valence-corrected chi connectivity index (χ2v) is 8.33. The summed E-state index contributed by atoms with van der Waals surface area (Å²) in [4.78, 5) is -0.400. The number of sulfonamides is 1. The molecular weight excluding hydrogens is 363 g/mol. The molecule has 2 aliphatic rings. The average Bonchev–Trinajstić information content (AvgIpc) is 2.67. The maximum atomic E-state index is 14.2. The number of anilines is 1. The van der Waals surface area contributed by atoms with Crippen LogP contribution in [0.25, 0.3) is 0 Å². The van der Waals surface area contributed by atoms with Crippen molar-refractivity contribution in [3.8, 4) is 0 Å². The molecule has 2 atom stereocenters. The molecule has 0 aromatic heterocycles. The van der Waals surface area contributed by atoms with Crippen molar-refractivity contribution < 1.29 is 17.9 Å². The molecule has 2 fully saturated rings. The van der Waals surface area contributed by atoms with Crippen molar-refractivity contribution in [2.24, 2.45) is 0 Å². The first-order chi connectivity index (χ1) is 9.80. The number of piperidine rings is 1. The van der Waals surface area contributed by atoms with E-state index in [1.807, 2.05) is 0 Å². The first-order valence-corrected chi connectivity index (χ1v) is 9.00. The van der Waals surface area contributed by atoms with Crippen molar-refractivity contribution in [2.45, 2.75) is 48.8 Å². The molecule has 3 N–H and O–H groups in total. The van der Waals surface area contributed by atoms with Gasteiger partial charge in [-0.25, -0.2) is 12.8 Å². The molecule has 0 aliphatic carbocycles. The number of fused-ring (bicyclic) bond motifs is 2. The standard InChI is InChI=1S/C13H16BrFN2O3S/c14-11-3-7(16)4-12(13(11)15)21(19,20)17-8-1-2-9(17)6-10(18)5-8/h3-4,8-10,18H,1-2,5-6,16H2. The Balaban J connectivity index is 2.06. The monoisotopic (exact) mass is 378 g/mol. The summed E-state index contributed by atoms with van der Waals surface area (Å²) < 4.78 is 41.2. The summed E-state index contributed by atoms with van der Waals surface area (Å²) in [6.07, 6.45) is 1.73. The minimum absolute atomic E-state index is 0.0328. The van der Waals surface area contributed by atoms with Crippen LogP contribution in [0.4, 0.5) is 10.1 Å². The van der Waals surface area contributed by atoms with E-state index in [0.717, 1.165) is 6.07 Å². The second kappa shape index (κ2) is 5.19. The molecule has 0 amide bonds. The normalized spacial score (nSPS) is 29.8. The van der Waals surface area contributed by atoms with Crippen LogP contribution in [0.2, 0.25) is 0 Å². The molecule has 2 unspecified atom stereocenters. The molecule has 21 heavy (non-hydrogen) atoms. The molecule has 116 valence electrons. The zero-order valence-electron chi connectivity index (χ0n) is 11.2. The van der Waals surface area contributed by atoms with Gasteiger partial charge in [-0.05, 0) is 53.7 Å². The van der Waals surface area contributed by atoms with Gasteiger partial charge in [0.05, 0.1) is 10.6 Å². The first kappa shape index (κ1) is 15.2. The SMILES string of the molecule is Nc1cc(Br)c(F)c(S(=O)(=O)N2C3CCC2CC(O)C3)c1. The molecule has 1 aromatic rings. The van der Waals surface area contributed by atoms with Crippen molar-refractivity contribution >= 4 is 31.6 Å². The number of hydrogen-bond acceptors (Lipinski definition) is 4. The highest BCUT2D eigenvalue weighted by Gasteiger charge is 2.47. The molecule has 0 spiro atoms. The third-order valence-corrected chi connectivity index (χ3v) is 6.80. The zero-order valence-corrected chi connectivity index (χ0v) is 13.6. The topological polar surface area (TPSA) is 83.6 Å². The Bertz CT molecular complexity index is 668. The van der Waals surface area contributed by atoms with Gasteiger partial charge < -0.3 is 10.8 Å². The van der Waals surface area contributed by atoms with E-state index in [-0.39, 0.29) is 22.2 Å². The third kappa shape index (κ3) is 2.48. The molecule has 2 saturated heterocycles. The van der Waals surface area contributed by atoms with E-state index in [9.17, 15) is 17.9 Å². The summed E-state index contributed by atoms with van der Waals surface area (Å²) in [5.74, 6) is -0.824. The Morgan fingerprint density at radius 3 is 2.43 bits per heavy atom. The van der Waals surface area contributed by atoms with Gasteiger partial charge in [-0.1, -0.05) is 0 Å². The maximum absolute atomic E-state index is 14.2. The van der Waals surface area contributed by atoms with Gasteiger partial charge in [0.1, 0.15) is 4.90 Å². The van der Waals surface area contributed by atoms with Crippen LogP contribution in [0.15, 0.2) is 21.5 Å². The van der Waals surface area contributed by atoms with Crippen molar-refractivity contribution in [1.82, 2.24) is 4.31 Å². The maximum Gasteiger partial charge on any atom is 0.246 e. The second-order valence-electron chi connectivity index (χ2n) is 5.66. The van der Waals surface area contributed by atoms with Gasteiger partial charge in [-0.3, -0.25) is 0 Å². The van der Waals surface area contributed by atoms with Crippen LogP contribution in [0.5, 0.6) is 0 Å². The van der Waals surface area contributed by atoms with Gasteiger partial charge in [-0.15, -0.1) is 0 Å². The van der Waals surface area contributed by atoms with Crippen LogP contribution in [0, 0.1) is 5.82 Å². The summed E-state index contributed by atoms with van der Waals surface area (Å²) in [6, 6.07) is 1.97. The van der Waals surface area contributed by atoms with Crippen LogP contribution in [0.1, 0.15) is 25.7 Å². The van der Waals surface area contributed by atoms with E-state index in [4.69, 9.17) is 5.73 Å². The molecule has 5 nitrogen and oxygen atoms in total. The predicted molar refractivity (Wildman–Crippen MR) is 79.6 cm³/mol. The highest BCUT2D eigenvalue weighted by molar-refractivity contribution is 9.10. The minimum atomic E-state index is -3.96. The Morgan fingerprint density at radius 2 is 1.86 bits per heavy atom. The smallest absolute Gasteiger partial charge is 0.246 e. The number of benzene rings is 1. The lowest BCUT2D eigenvalue weighted by Gasteiger charge is -2.36. The fourth-order valence-electron chi connectivity index (χ4n) is 3.38. The number of nitrogens with zero attached hydrogens (tertiary/aromatic N) is 1. The lowest BCUT2D eigenvalue weighted by atomic mass is 10.0. The highest BCUT2D eigenvalue weighted by atomic mass is 79.9. The van der Waals surface area contributed by atoms with E-state index in [0.29, 0.717) is 25.7 Å². The fraction of sp³-hybridized carbons (Fsp3) is 0.538. The van der Waals surface area contributed by atoms with E-state index in [1.165, 1.54) is 10.4 Å². The lowest BCUT2D eigenvalue weighted by molar-refractivity contribution is 0.0768. The number of nitrogen functional groups attached to an aromatic ring is 1. The van der Waals surface area contributed by atoms with Gasteiger partial charge in [0.15, 0.2) is 5.82 Å². The van der Waals surface area contributed by atoms with Gasteiger partial charge in [0.2, 0.25) is 10.0 Å². The molecular formula is C13H16BrFN2O3S. The molecule has 2 bridgehead atoms. The van der Waals surface area contributed by atoms with Crippen molar-refractivity contribution in [2.75, 3.05) is 5.73 Å². The van der Waals surface area contributed by atoms with E-state index in [2.05, 4.69) is 15.9 Å². The van der Waals surface area contributed by atoms with Gasteiger partial charge in [-0.2, -0.15) is 4.31 Å². The van der Waals surface area contributed by atoms with Gasteiger partial charge in [0.25, 0.3) is 0 Å². The predicted octanol–water partition coefficient (Wildman–Crippen LogP) is 1.85. The van der Waals surface area contributed by atoms with Crippen LogP contribution in [0.3, 0.4) is 0 Å². The van der Waals surface area contributed by atoms with Crippen molar-refractivity contribution in [3.05, 3.63) is 22.4 Å². The number of aliphatic hydroxyl groups is 1. The highest BCUT2D eigenvalue weighted by Crippen LogP contribution is 2.41. The van der Waals surface area contributed by atoms with E-state index >= 15 is 0 Å². The van der Waals surface area contributed by atoms with E-state index < -0.39 is 26.8 Å². The number of aliphatic hydroxyl groups excluding tert-OH is 1. The van der Waals surface area contributed by atoms with Gasteiger partial charge >= 0.3 is 0 Å². The average molecular weight is 379 g/mol. The molecule has 2 aliphatic heterocycles. The molecule has 8 heteroatoms. The molecule has 2 heterocycles. The van der Waals surface area contributed by atoms with Crippen molar-refractivity contribution in [3.63, 3.8) is 0 Å². The number of nitrogens with two attached hydrogens (primary N) is 1. The Hall–Kier alpha value is -0.700. The molecule has 3 rings (SSSR count). The van der Waals surface area contributed by atoms with Crippen LogP contribution in [-0.4, -0.2) is 36.0 Å². The third-order valence-electron chi connectivity index (χ3n) is 4.21. The minimum Gasteiger partial charge on any atom is -0.399 e. The Kier molecular flexibility index (Phi) is 3.76. The lowest BCUT2D eigenvalue weighted by Crippen LogP contribution is -2.48. The van der Waals surface area contributed by atoms with Crippen molar-refractivity contribution in [1.29, 1.82) is 0 Å². The van der Waals surface area contributed by atoms with Crippen LogP contribution in [-0.2, 0) is 10.0 Å². The summed E-state index contributed by atoms with van der Waals surface area (Å²) >= 11 is 2.99. The van der Waals surface area contributed by atoms with Crippen LogP contribution < -0.4 is 5.73 Å².